The van der Waals surface area contributed by atoms with E-state index in [-0.39, 0.29) is 6.61 Å². The number of rotatable bonds is 5. The first-order chi connectivity index (χ1) is 9.06. The zero-order chi connectivity index (χ0) is 14.3. The molecule has 0 aliphatic rings. The summed E-state index contributed by atoms with van der Waals surface area (Å²) in [4.78, 5) is 22.5. The maximum atomic E-state index is 11.4. The summed E-state index contributed by atoms with van der Waals surface area (Å²) in [5, 5.41) is 2.36. The van der Waals surface area contributed by atoms with Crippen LogP contribution in [0.5, 0.6) is 5.75 Å². The molecule has 0 aromatic heterocycles. The summed E-state index contributed by atoms with van der Waals surface area (Å²) in [6.07, 6.45) is -0.672. The zero-order valence-electron chi connectivity index (χ0n) is 11.1. The molecule has 0 saturated heterocycles. The Hall–Kier alpha value is -2.24. The number of carbonyl (C=O) groups is 2. The number of esters is 1. The Bertz CT molecular complexity index is 429. The van der Waals surface area contributed by atoms with Crippen LogP contribution >= 0.6 is 0 Å². The van der Waals surface area contributed by atoms with E-state index < -0.39 is 18.1 Å². The van der Waals surface area contributed by atoms with Crippen LogP contribution < -0.4 is 10.1 Å². The summed E-state index contributed by atoms with van der Waals surface area (Å²) >= 11 is 0. The van der Waals surface area contributed by atoms with Crippen molar-refractivity contribution in [1.29, 1.82) is 0 Å². The van der Waals surface area contributed by atoms with Crippen LogP contribution in [0.15, 0.2) is 24.3 Å². The van der Waals surface area contributed by atoms with Crippen LogP contribution in [-0.4, -0.2) is 32.3 Å². The van der Waals surface area contributed by atoms with Crippen LogP contribution in [-0.2, 0) is 20.9 Å². The third kappa shape index (κ3) is 4.87. The summed E-state index contributed by atoms with van der Waals surface area (Å²) in [5.41, 5.74) is 0.821. The first-order valence-corrected chi connectivity index (χ1v) is 5.71. The second kappa shape index (κ2) is 7.25. The predicted molar refractivity (Wildman–Crippen MR) is 67.8 cm³/mol. The highest BCUT2D eigenvalue weighted by atomic mass is 16.6. The van der Waals surface area contributed by atoms with Crippen LogP contribution in [0.1, 0.15) is 12.5 Å². The molecule has 0 aliphatic heterocycles. The smallest absolute Gasteiger partial charge is 0.408 e. The van der Waals surface area contributed by atoms with Gasteiger partial charge in [-0.1, -0.05) is 12.1 Å². The first kappa shape index (κ1) is 14.8. The van der Waals surface area contributed by atoms with Gasteiger partial charge in [-0.05, 0) is 24.6 Å². The van der Waals surface area contributed by atoms with Crippen molar-refractivity contribution in [2.45, 2.75) is 19.6 Å². The average molecular weight is 267 g/mol. The molecule has 0 aliphatic carbocycles. The van der Waals surface area contributed by atoms with Gasteiger partial charge >= 0.3 is 12.1 Å². The van der Waals surface area contributed by atoms with E-state index in [9.17, 15) is 9.59 Å². The van der Waals surface area contributed by atoms with Crippen molar-refractivity contribution in [3.8, 4) is 5.75 Å². The van der Waals surface area contributed by atoms with Crippen molar-refractivity contribution in [3.05, 3.63) is 29.8 Å². The molecule has 104 valence electrons. The van der Waals surface area contributed by atoms with Gasteiger partial charge in [0.15, 0.2) is 0 Å². The van der Waals surface area contributed by atoms with Crippen molar-refractivity contribution in [1.82, 2.24) is 5.32 Å². The van der Waals surface area contributed by atoms with E-state index in [4.69, 9.17) is 9.47 Å². The molecule has 0 fully saturated rings. The highest BCUT2D eigenvalue weighted by molar-refractivity contribution is 5.80. The fourth-order valence-corrected chi connectivity index (χ4v) is 1.32. The summed E-state index contributed by atoms with van der Waals surface area (Å²) in [6.45, 7) is 1.63. The van der Waals surface area contributed by atoms with Gasteiger partial charge in [-0.3, -0.25) is 0 Å². The minimum Gasteiger partial charge on any atom is -0.497 e. The summed E-state index contributed by atoms with van der Waals surface area (Å²) in [6, 6.07) is 6.38. The molecule has 0 saturated carbocycles. The van der Waals surface area contributed by atoms with Crippen LogP contribution in [0, 0.1) is 0 Å². The van der Waals surface area contributed by atoms with E-state index >= 15 is 0 Å². The number of carbonyl (C=O) groups excluding carboxylic acids is 2. The topological polar surface area (TPSA) is 73.9 Å². The van der Waals surface area contributed by atoms with Gasteiger partial charge in [-0.15, -0.1) is 0 Å². The standard InChI is InChI=1S/C13H17NO5/c1-9(12(15)18-3)14-13(16)19-8-10-4-6-11(17-2)7-5-10/h4-7,9H,8H2,1-3H3,(H,14,16). The van der Waals surface area contributed by atoms with Gasteiger partial charge < -0.3 is 19.5 Å². The van der Waals surface area contributed by atoms with E-state index in [0.717, 1.165) is 11.3 Å². The molecule has 0 heterocycles. The maximum Gasteiger partial charge on any atom is 0.408 e. The third-order valence-electron chi connectivity index (χ3n) is 2.42. The summed E-state index contributed by atoms with van der Waals surface area (Å²) in [5.74, 6) is 0.203. The Morgan fingerprint density at radius 1 is 1.21 bits per heavy atom. The number of amides is 1. The second-order valence-corrected chi connectivity index (χ2v) is 3.81. The lowest BCUT2D eigenvalue weighted by Crippen LogP contribution is -2.39. The summed E-state index contributed by atoms with van der Waals surface area (Å²) in [7, 11) is 2.83. The van der Waals surface area contributed by atoms with Crippen molar-refractivity contribution < 1.29 is 23.8 Å². The van der Waals surface area contributed by atoms with Crippen molar-refractivity contribution >= 4 is 12.1 Å². The normalized spacial score (nSPS) is 11.3. The fraction of sp³-hybridized carbons (Fsp3) is 0.385. The Morgan fingerprint density at radius 3 is 2.37 bits per heavy atom. The average Bonchev–Trinajstić information content (AvgIpc) is 2.44. The van der Waals surface area contributed by atoms with Crippen LogP contribution in [0.2, 0.25) is 0 Å². The number of methoxy groups -OCH3 is 2. The Balaban J connectivity index is 2.39. The zero-order valence-corrected chi connectivity index (χ0v) is 11.1. The molecule has 1 N–H and O–H groups in total. The molecule has 6 nitrogen and oxygen atoms in total. The van der Waals surface area contributed by atoms with Crippen molar-refractivity contribution in [2.75, 3.05) is 14.2 Å². The van der Waals surface area contributed by atoms with Gasteiger partial charge in [0.2, 0.25) is 0 Å². The molecule has 19 heavy (non-hydrogen) atoms. The molecule has 0 bridgehead atoms. The lowest BCUT2D eigenvalue weighted by Gasteiger charge is -2.11. The highest BCUT2D eigenvalue weighted by Crippen LogP contribution is 2.11. The molecule has 0 radical (unpaired) electrons. The molecule has 1 atom stereocenters. The predicted octanol–water partition coefficient (Wildman–Crippen LogP) is 1.48. The van der Waals surface area contributed by atoms with Gasteiger partial charge in [0.1, 0.15) is 18.4 Å². The molecule has 6 heteroatoms. The van der Waals surface area contributed by atoms with Crippen molar-refractivity contribution in [3.63, 3.8) is 0 Å². The van der Waals surface area contributed by atoms with E-state index in [0.29, 0.717) is 0 Å². The summed E-state index contributed by atoms with van der Waals surface area (Å²) < 4.78 is 14.5. The number of benzene rings is 1. The molecule has 1 rings (SSSR count). The third-order valence-corrected chi connectivity index (χ3v) is 2.42. The first-order valence-electron chi connectivity index (χ1n) is 5.71. The molecular weight excluding hydrogens is 250 g/mol. The number of ether oxygens (including phenoxy) is 3. The van der Waals surface area contributed by atoms with Gasteiger partial charge in [0.05, 0.1) is 14.2 Å². The molecule has 0 spiro atoms. The highest BCUT2D eigenvalue weighted by Gasteiger charge is 2.16. The fourth-order valence-electron chi connectivity index (χ4n) is 1.32. The quantitative estimate of drug-likeness (QED) is 0.818. The van der Waals surface area contributed by atoms with Crippen LogP contribution in [0.25, 0.3) is 0 Å². The van der Waals surface area contributed by atoms with Gasteiger partial charge in [0.25, 0.3) is 0 Å². The van der Waals surface area contributed by atoms with E-state index in [2.05, 4.69) is 10.1 Å². The lowest BCUT2D eigenvalue weighted by molar-refractivity contribution is -0.142. The molecular formula is C13H17NO5. The minimum absolute atomic E-state index is 0.115. The lowest BCUT2D eigenvalue weighted by atomic mass is 10.2. The minimum atomic E-state index is -0.742. The van der Waals surface area contributed by atoms with Crippen LogP contribution in [0.4, 0.5) is 4.79 Å². The van der Waals surface area contributed by atoms with E-state index in [1.807, 2.05) is 0 Å². The number of nitrogens with one attached hydrogen (secondary N) is 1. The number of alkyl carbamates (subject to hydrolysis) is 1. The Labute approximate surface area is 111 Å². The Morgan fingerprint density at radius 2 is 1.84 bits per heavy atom. The number of hydrogen-bond donors (Lipinski definition) is 1. The number of hydrogen-bond acceptors (Lipinski definition) is 5. The molecule has 1 aromatic carbocycles. The monoisotopic (exact) mass is 267 g/mol. The van der Waals surface area contributed by atoms with E-state index in [1.54, 1.807) is 31.4 Å². The SMILES string of the molecule is COC(=O)C(C)NC(=O)OCc1ccc(OC)cc1. The van der Waals surface area contributed by atoms with Gasteiger partial charge in [-0.25, -0.2) is 9.59 Å². The molecule has 1 amide bonds. The molecule has 1 unspecified atom stereocenters. The van der Waals surface area contributed by atoms with Gasteiger partial charge in [0, 0.05) is 0 Å². The van der Waals surface area contributed by atoms with E-state index in [1.165, 1.54) is 14.0 Å². The largest absolute Gasteiger partial charge is 0.497 e. The van der Waals surface area contributed by atoms with Gasteiger partial charge in [-0.2, -0.15) is 0 Å². The maximum absolute atomic E-state index is 11.4. The second-order valence-electron chi connectivity index (χ2n) is 3.81. The molecule has 1 aromatic rings. The van der Waals surface area contributed by atoms with Crippen LogP contribution in [0.3, 0.4) is 0 Å². The Kier molecular flexibility index (Phi) is 5.66. The van der Waals surface area contributed by atoms with Crippen molar-refractivity contribution in [2.24, 2.45) is 0 Å².